The van der Waals surface area contributed by atoms with Crippen LogP contribution in [0.5, 0.6) is 0 Å². The van der Waals surface area contributed by atoms with Gasteiger partial charge < -0.3 is 10.5 Å². The SMILES string of the molecule is CO[C@H](c1ccc([N+](=O)[O-])cc1)C(N)CF. The molecule has 6 heteroatoms. The normalized spacial score (nSPS) is 14.4. The number of nitrogens with two attached hydrogens (primary N) is 1. The molecular weight excluding hydrogens is 215 g/mol. The molecule has 0 heterocycles. The molecule has 0 bridgehead atoms. The maximum absolute atomic E-state index is 12.4. The monoisotopic (exact) mass is 228 g/mol. The van der Waals surface area contributed by atoms with Gasteiger partial charge in [0.15, 0.2) is 0 Å². The van der Waals surface area contributed by atoms with Crippen molar-refractivity contribution in [1.82, 2.24) is 0 Å². The average Bonchev–Trinajstić information content (AvgIpc) is 2.30. The van der Waals surface area contributed by atoms with Crippen molar-refractivity contribution in [2.24, 2.45) is 5.73 Å². The molecule has 1 aromatic rings. The van der Waals surface area contributed by atoms with Crippen LogP contribution < -0.4 is 5.73 Å². The summed E-state index contributed by atoms with van der Waals surface area (Å²) in [4.78, 5) is 9.93. The summed E-state index contributed by atoms with van der Waals surface area (Å²) in [5, 5.41) is 10.4. The van der Waals surface area contributed by atoms with Crippen LogP contribution in [0.2, 0.25) is 0 Å². The van der Waals surface area contributed by atoms with E-state index in [-0.39, 0.29) is 5.69 Å². The Hall–Kier alpha value is -1.53. The van der Waals surface area contributed by atoms with Crippen LogP contribution in [-0.4, -0.2) is 24.7 Å². The van der Waals surface area contributed by atoms with Gasteiger partial charge in [-0.1, -0.05) is 0 Å². The van der Waals surface area contributed by atoms with E-state index in [1.807, 2.05) is 0 Å². The Labute approximate surface area is 92.2 Å². The number of benzene rings is 1. The first-order valence-electron chi connectivity index (χ1n) is 4.68. The Morgan fingerprint density at radius 3 is 2.44 bits per heavy atom. The standard InChI is InChI=1S/C10H13FN2O3/c1-16-10(9(12)6-11)7-2-4-8(5-3-7)13(14)15/h2-5,9-10H,6,12H2,1H3/t9?,10-/m1/s1. The van der Waals surface area contributed by atoms with Crippen LogP contribution >= 0.6 is 0 Å². The highest BCUT2D eigenvalue weighted by Gasteiger charge is 2.19. The zero-order valence-electron chi connectivity index (χ0n) is 8.80. The Morgan fingerprint density at radius 2 is 2.06 bits per heavy atom. The summed E-state index contributed by atoms with van der Waals surface area (Å²) < 4.78 is 17.5. The number of hydrogen-bond donors (Lipinski definition) is 1. The maximum atomic E-state index is 12.4. The highest BCUT2D eigenvalue weighted by Crippen LogP contribution is 2.22. The van der Waals surface area contributed by atoms with Crippen LogP contribution in [0.25, 0.3) is 0 Å². The van der Waals surface area contributed by atoms with Gasteiger partial charge in [0.1, 0.15) is 6.67 Å². The van der Waals surface area contributed by atoms with Gasteiger partial charge in [-0.25, -0.2) is 4.39 Å². The molecule has 2 N–H and O–H groups in total. The smallest absolute Gasteiger partial charge is 0.269 e. The zero-order valence-corrected chi connectivity index (χ0v) is 8.80. The summed E-state index contributed by atoms with van der Waals surface area (Å²) in [6, 6.07) is 4.94. The molecule has 0 fully saturated rings. The minimum absolute atomic E-state index is 0.0209. The van der Waals surface area contributed by atoms with E-state index >= 15 is 0 Å². The minimum Gasteiger partial charge on any atom is -0.375 e. The molecule has 5 nitrogen and oxygen atoms in total. The van der Waals surface area contributed by atoms with Gasteiger partial charge in [0.25, 0.3) is 5.69 Å². The molecule has 0 amide bonds. The molecule has 0 aliphatic carbocycles. The van der Waals surface area contributed by atoms with E-state index in [1.54, 1.807) is 0 Å². The molecule has 0 aliphatic heterocycles. The number of ether oxygens (including phenoxy) is 1. The van der Waals surface area contributed by atoms with Crippen molar-refractivity contribution in [3.05, 3.63) is 39.9 Å². The van der Waals surface area contributed by atoms with E-state index in [4.69, 9.17) is 10.5 Å². The molecule has 0 aromatic heterocycles. The number of methoxy groups -OCH3 is 1. The second-order valence-electron chi connectivity index (χ2n) is 3.32. The first kappa shape index (κ1) is 12.5. The lowest BCUT2D eigenvalue weighted by Gasteiger charge is -2.20. The van der Waals surface area contributed by atoms with Gasteiger partial charge in [0, 0.05) is 19.2 Å². The summed E-state index contributed by atoms with van der Waals surface area (Å²) in [5.41, 5.74) is 6.13. The third kappa shape index (κ3) is 2.74. The topological polar surface area (TPSA) is 78.4 Å². The van der Waals surface area contributed by atoms with Crippen molar-refractivity contribution < 1.29 is 14.1 Å². The number of nitrogens with zero attached hydrogens (tertiary/aromatic N) is 1. The van der Waals surface area contributed by atoms with Crippen molar-refractivity contribution in [2.45, 2.75) is 12.1 Å². The summed E-state index contributed by atoms with van der Waals surface area (Å²) in [6.07, 6.45) is -0.592. The van der Waals surface area contributed by atoms with Crippen molar-refractivity contribution in [3.8, 4) is 0 Å². The number of alkyl halides is 1. The number of rotatable bonds is 5. The van der Waals surface area contributed by atoms with Crippen molar-refractivity contribution in [1.29, 1.82) is 0 Å². The largest absolute Gasteiger partial charge is 0.375 e. The number of nitro benzene ring substituents is 1. The maximum Gasteiger partial charge on any atom is 0.269 e. The van der Waals surface area contributed by atoms with E-state index in [9.17, 15) is 14.5 Å². The molecule has 2 atom stereocenters. The number of halogens is 1. The molecule has 1 unspecified atom stereocenters. The first-order valence-corrected chi connectivity index (χ1v) is 4.68. The fourth-order valence-electron chi connectivity index (χ4n) is 1.42. The average molecular weight is 228 g/mol. The molecule has 0 saturated heterocycles. The van der Waals surface area contributed by atoms with Gasteiger partial charge in [-0.15, -0.1) is 0 Å². The molecule has 0 saturated carbocycles. The quantitative estimate of drug-likeness (QED) is 0.613. The van der Waals surface area contributed by atoms with Crippen molar-refractivity contribution in [3.63, 3.8) is 0 Å². The predicted molar refractivity (Wildman–Crippen MR) is 56.8 cm³/mol. The molecule has 0 spiro atoms. The molecule has 1 rings (SSSR count). The lowest BCUT2D eigenvalue weighted by molar-refractivity contribution is -0.384. The van der Waals surface area contributed by atoms with Gasteiger partial charge in [-0.3, -0.25) is 10.1 Å². The van der Waals surface area contributed by atoms with Crippen molar-refractivity contribution >= 4 is 5.69 Å². The summed E-state index contributed by atoms with van der Waals surface area (Å²) in [5.74, 6) is 0. The van der Waals surface area contributed by atoms with E-state index < -0.39 is 23.7 Å². The minimum atomic E-state index is -0.772. The van der Waals surface area contributed by atoms with Gasteiger partial charge >= 0.3 is 0 Å². The van der Waals surface area contributed by atoms with E-state index in [1.165, 1.54) is 31.4 Å². The summed E-state index contributed by atoms with van der Waals surface area (Å²) in [7, 11) is 1.42. The highest BCUT2D eigenvalue weighted by atomic mass is 19.1. The third-order valence-electron chi connectivity index (χ3n) is 2.25. The second-order valence-corrected chi connectivity index (χ2v) is 3.32. The molecule has 0 aliphatic rings. The van der Waals surface area contributed by atoms with Gasteiger partial charge in [0.05, 0.1) is 17.1 Å². The van der Waals surface area contributed by atoms with Crippen LogP contribution in [-0.2, 0) is 4.74 Å². The third-order valence-corrected chi connectivity index (χ3v) is 2.25. The van der Waals surface area contributed by atoms with Crippen LogP contribution in [0.1, 0.15) is 11.7 Å². The van der Waals surface area contributed by atoms with Gasteiger partial charge in [-0.2, -0.15) is 0 Å². The number of nitro groups is 1. The zero-order chi connectivity index (χ0) is 12.1. The van der Waals surface area contributed by atoms with Gasteiger partial charge in [0.2, 0.25) is 0 Å². The second kappa shape index (κ2) is 5.53. The van der Waals surface area contributed by atoms with E-state index in [2.05, 4.69) is 0 Å². The first-order chi connectivity index (χ1) is 7.60. The molecule has 88 valence electrons. The van der Waals surface area contributed by atoms with E-state index in [0.717, 1.165) is 0 Å². The predicted octanol–water partition coefficient (Wildman–Crippen LogP) is 1.58. The lowest BCUT2D eigenvalue weighted by Crippen LogP contribution is -2.31. The Bertz CT molecular complexity index is 356. The number of hydrogen-bond acceptors (Lipinski definition) is 4. The van der Waals surface area contributed by atoms with Crippen LogP contribution in [0, 0.1) is 10.1 Å². The van der Waals surface area contributed by atoms with Gasteiger partial charge in [-0.05, 0) is 17.7 Å². The highest BCUT2D eigenvalue weighted by molar-refractivity contribution is 5.34. The Balaban J connectivity index is 2.90. The summed E-state index contributed by atoms with van der Waals surface area (Å²) in [6.45, 7) is -0.713. The van der Waals surface area contributed by atoms with Crippen molar-refractivity contribution in [2.75, 3.05) is 13.8 Å². The molecular formula is C10H13FN2O3. The van der Waals surface area contributed by atoms with Crippen LogP contribution in [0.3, 0.4) is 0 Å². The van der Waals surface area contributed by atoms with Crippen LogP contribution in [0.4, 0.5) is 10.1 Å². The molecule has 0 radical (unpaired) electrons. The Kier molecular flexibility index (Phi) is 4.33. The molecule has 1 aromatic carbocycles. The fraction of sp³-hybridized carbons (Fsp3) is 0.400. The lowest BCUT2D eigenvalue weighted by atomic mass is 10.0. The van der Waals surface area contributed by atoms with E-state index in [0.29, 0.717) is 5.56 Å². The van der Waals surface area contributed by atoms with Crippen LogP contribution in [0.15, 0.2) is 24.3 Å². The molecule has 16 heavy (non-hydrogen) atoms. The number of non-ortho nitro benzene ring substituents is 1. The summed E-state index contributed by atoms with van der Waals surface area (Å²) >= 11 is 0. The Morgan fingerprint density at radius 1 is 1.50 bits per heavy atom. The fourth-order valence-corrected chi connectivity index (χ4v) is 1.42.